The molecule has 8 aromatic rings. The third-order valence-electron chi connectivity index (χ3n) is 11.4. The molecule has 0 aliphatic rings. The lowest BCUT2D eigenvalue weighted by Crippen LogP contribution is -2.63. The third-order valence-corrected chi connectivity index (χ3v) is 11.4. The lowest BCUT2D eigenvalue weighted by atomic mass is 9.70. The van der Waals surface area contributed by atoms with Gasteiger partial charge in [0.2, 0.25) is 0 Å². The van der Waals surface area contributed by atoms with Crippen molar-refractivity contribution >= 4 is 50.8 Å². The zero-order valence-electron chi connectivity index (χ0n) is 32.6. The maximum atomic E-state index is 4.83. The highest BCUT2D eigenvalue weighted by Crippen LogP contribution is 2.31. The molecule has 0 saturated heterocycles. The Hall–Kier alpha value is -5.22. The summed E-state index contributed by atoms with van der Waals surface area (Å²) in [6, 6.07) is 32.8. The molecule has 0 radical (unpaired) electrons. The van der Waals surface area contributed by atoms with E-state index in [1.807, 2.05) is 98.1 Å². The van der Waals surface area contributed by atoms with E-state index in [1.165, 1.54) is 82.0 Å². The van der Waals surface area contributed by atoms with Crippen molar-refractivity contribution in [3.05, 3.63) is 122 Å². The van der Waals surface area contributed by atoms with E-state index in [0.717, 1.165) is 44.1 Å². The quantitative estimate of drug-likeness (QED) is 0.0736. The molecule has 0 saturated carbocycles. The number of aromatic nitrogens is 8. The normalized spacial score (nSPS) is 12.2. The molecule has 0 fully saturated rings. The summed E-state index contributed by atoms with van der Waals surface area (Å²) in [6.45, 7) is 12.9. The van der Waals surface area contributed by atoms with Crippen molar-refractivity contribution in [1.29, 1.82) is 0 Å². The topological polar surface area (TPSA) is 71.3 Å². The fourth-order valence-corrected chi connectivity index (χ4v) is 8.47. The number of unbranched alkanes of at least 4 members (excludes halogenated alkanes) is 4. The van der Waals surface area contributed by atoms with Gasteiger partial charge < -0.3 is 22.4 Å². The van der Waals surface area contributed by atoms with Crippen LogP contribution in [0.5, 0.6) is 0 Å². The van der Waals surface area contributed by atoms with Gasteiger partial charge in [-0.05, 0) is 74.2 Å². The SMILES string of the molecule is CCCC[N+](CCCC)(CCCC)CCCC.c1ccc2c(c1)ncn2[B-](n1cnc2ccccc21)(n1cnc2ccccc21)n1cnc2ccccc21. The number of imidazole rings is 4. The van der Waals surface area contributed by atoms with Gasteiger partial charge in [0.15, 0.2) is 0 Å². The van der Waals surface area contributed by atoms with E-state index in [9.17, 15) is 0 Å². The van der Waals surface area contributed by atoms with Gasteiger partial charge >= 0.3 is 6.69 Å². The van der Waals surface area contributed by atoms with Crippen molar-refractivity contribution < 1.29 is 4.48 Å². The van der Waals surface area contributed by atoms with Crippen molar-refractivity contribution in [3.8, 4) is 0 Å². The van der Waals surface area contributed by atoms with Crippen LogP contribution in [0, 0.1) is 0 Å². The molecule has 280 valence electrons. The number of fused-ring (bicyclic) bond motifs is 4. The number of quaternary nitrogens is 1. The molecular weight excluding hydrogens is 665 g/mol. The van der Waals surface area contributed by atoms with Crippen LogP contribution in [0.2, 0.25) is 0 Å². The van der Waals surface area contributed by atoms with Gasteiger partial charge in [-0.1, -0.05) is 102 Å². The van der Waals surface area contributed by atoms with Crippen molar-refractivity contribution in [2.75, 3.05) is 26.2 Å². The minimum Gasteiger partial charge on any atom is -0.448 e. The van der Waals surface area contributed by atoms with Gasteiger partial charge in [-0.15, -0.1) is 0 Å². The molecule has 0 aliphatic carbocycles. The zero-order valence-corrected chi connectivity index (χ0v) is 32.6. The summed E-state index contributed by atoms with van der Waals surface area (Å²) in [6.07, 6.45) is 18.7. The van der Waals surface area contributed by atoms with Gasteiger partial charge in [-0.25, -0.2) is 19.9 Å². The Labute approximate surface area is 319 Å². The van der Waals surface area contributed by atoms with Gasteiger partial charge in [-0.2, -0.15) is 0 Å². The largest absolute Gasteiger partial charge is 0.448 e. The first-order chi connectivity index (χ1) is 26.6. The molecule has 0 bridgehead atoms. The fourth-order valence-electron chi connectivity index (χ4n) is 8.47. The second kappa shape index (κ2) is 16.9. The van der Waals surface area contributed by atoms with E-state index in [-0.39, 0.29) is 0 Å². The average molecular weight is 722 g/mol. The van der Waals surface area contributed by atoms with Crippen molar-refractivity contribution in [2.24, 2.45) is 0 Å². The van der Waals surface area contributed by atoms with E-state index in [2.05, 4.69) is 69.9 Å². The van der Waals surface area contributed by atoms with Crippen LogP contribution in [0.15, 0.2) is 122 Å². The summed E-state index contributed by atoms with van der Waals surface area (Å²) in [5.41, 5.74) is 7.62. The molecule has 0 atom stereocenters. The highest BCUT2D eigenvalue weighted by molar-refractivity contribution is 6.76. The van der Waals surface area contributed by atoms with E-state index in [1.54, 1.807) is 0 Å². The number of hydrogen-bond donors (Lipinski definition) is 0. The Morgan fingerprint density at radius 3 is 0.870 bits per heavy atom. The molecule has 54 heavy (non-hydrogen) atoms. The maximum absolute atomic E-state index is 4.83. The molecule has 4 aromatic carbocycles. The minimum atomic E-state index is -2.09. The predicted octanol–water partition coefficient (Wildman–Crippen LogP) is 10.0. The Balaban J connectivity index is 0.000000227. The summed E-state index contributed by atoms with van der Waals surface area (Å²) in [5, 5.41) is 0. The first-order valence-electron chi connectivity index (χ1n) is 20.3. The maximum Gasteiger partial charge on any atom is 0.407 e. The van der Waals surface area contributed by atoms with Crippen LogP contribution >= 0.6 is 0 Å². The number of para-hydroxylation sites is 8. The molecular formula is C44H56BN9. The van der Waals surface area contributed by atoms with Crippen LogP contribution in [-0.4, -0.2) is 75.2 Å². The molecule has 10 heteroatoms. The number of rotatable bonds is 16. The van der Waals surface area contributed by atoms with E-state index < -0.39 is 6.69 Å². The summed E-state index contributed by atoms with van der Waals surface area (Å²) < 4.78 is 10.4. The van der Waals surface area contributed by atoms with E-state index >= 15 is 0 Å². The zero-order chi connectivity index (χ0) is 37.4. The highest BCUT2D eigenvalue weighted by atomic mass is 15.4. The number of hydrogen-bond acceptors (Lipinski definition) is 4. The summed E-state index contributed by atoms with van der Waals surface area (Å²) in [5.74, 6) is 0. The lowest BCUT2D eigenvalue weighted by Gasteiger charge is -2.47. The smallest absolute Gasteiger partial charge is 0.407 e. The van der Waals surface area contributed by atoms with Crippen LogP contribution in [0.3, 0.4) is 0 Å². The Bertz CT molecular complexity index is 2060. The fraction of sp³-hybridized carbons (Fsp3) is 0.364. The van der Waals surface area contributed by atoms with Crippen LogP contribution in [0.1, 0.15) is 79.1 Å². The van der Waals surface area contributed by atoms with E-state index in [4.69, 9.17) is 19.9 Å². The summed E-state index contributed by atoms with van der Waals surface area (Å²) in [4.78, 5) is 19.3. The summed E-state index contributed by atoms with van der Waals surface area (Å²) in [7, 11) is 0. The van der Waals surface area contributed by atoms with Crippen LogP contribution in [-0.2, 0) is 0 Å². The summed E-state index contributed by atoms with van der Waals surface area (Å²) >= 11 is 0. The molecule has 0 spiro atoms. The van der Waals surface area contributed by atoms with Gasteiger partial charge in [0, 0.05) is 22.1 Å². The Morgan fingerprint density at radius 2 is 0.630 bits per heavy atom. The lowest BCUT2D eigenvalue weighted by molar-refractivity contribution is -0.929. The molecule has 0 unspecified atom stereocenters. The van der Waals surface area contributed by atoms with Gasteiger partial charge in [0.05, 0.1) is 73.6 Å². The molecule has 8 rings (SSSR count). The van der Waals surface area contributed by atoms with Crippen LogP contribution in [0.25, 0.3) is 44.1 Å². The van der Waals surface area contributed by atoms with Crippen molar-refractivity contribution in [2.45, 2.75) is 79.1 Å². The number of benzene rings is 4. The Morgan fingerprint density at radius 1 is 0.389 bits per heavy atom. The van der Waals surface area contributed by atoms with Crippen LogP contribution in [0.4, 0.5) is 0 Å². The molecule has 4 aromatic heterocycles. The number of nitrogens with zero attached hydrogens (tertiary/aromatic N) is 9. The van der Waals surface area contributed by atoms with Gasteiger partial charge in [0.1, 0.15) is 0 Å². The van der Waals surface area contributed by atoms with Gasteiger partial charge in [0.25, 0.3) is 0 Å². The standard InChI is InChI=1S/C28H20BN8.C16H36N/c1-5-13-25-21(9-1)30-17-34(25)29(35-18-31-22-10-2-6-14-26(22)35,36-19-32-23-11-3-7-15-27(23)36)37-20-33-24-12-4-8-16-28(24)37;1-5-9-13-17(14-10-6-2,15-11-7-3)16-12-8-4/h1-20H;5-16H2,1-4H3/q-1;+1. The molecule has 9 nitrogen and oxygen atoms in total. The van der Waals surface area contributed by atoms with Crippen molar-refractivity contribution in [1.82, 2.24) is 37.8 Å². The van der Waals surface area contributed by atoms with Crippen LogP contribution < -0.4 is 0 Å². The second-order valence-electron chi connectivity index (χ2n) is 14.9. The molecule has 0 N–H and O–H groups in total. The molecule has 4 heterocycles. The molecule has 0 aliphatic heterocycles. The molecule has 0 amide bonds. The third kappa shape index (κ3) is 6.95. The minimum absolute atomic E-state index is 0.909. The average Bonchev–Trinajstić information content (AvgIpc) is 4.04. The van der Waals surface area contributed by atoms with E-state index in [0.29, 0.717) is 0 Å². The Kier molecular flexibility index (Phi) is 11.6. The van der Waals surface area contributed by atoms with Crippen molar-refractivity contribution in [3.63, 3.8) is 0 Å². The predicted molar refractivity (Wildman–Crippen MR) is 226 cm³/mol. The van der Waals surface area contributed by atoms with Gasteiger partial charge in [-0.3, -0.25) is 0 Å². The monoisotopic (exact) mass is 721 g/mol. The highest BCUT2D eigenvalue weighted by Gasteiger charge is 2.39. The second-order valence-corrected chi connectivity index (χ2v) is 14.9. The first-order valence-corrected chi connectivity index (χ1v) is 20.3. The first kappa shape index (κ1) is 37.1.